The van der Waals surface area contributed by atoms with Crippen LogP contribution in [0.3, 0.4) is 0 Å². The zero-order valence-corrected chi connectivity index (χ0v) is 27.4. The van der Waals surface area contributed by atoms with E-state index >= 15 is 0 Å². The molecule has 0 bridgehead atoms. The van der Waals surface area contributed by atoms with Gasteiger partial charge in [0.15, 0.2) is 0 Å². The molecule has 252 valence electrons. The molecule has 3 aromatic rings. The summed E-state index contributed by atoms with van der Waals surface area (Å²) in [4.78, 5) is 43.3. The average Bonchev–Trinajstić information content (AvgIpc) is 3.07. The molecular formula is C36H45FN4O6. The van der Waals surface area contributed by atoms with Gasteiger partial charge in [-0.1, -0.05) is 25.1 Å². The van der Waals surface area contributed by atoms with Crippen LogP contribution in [0.4, 0.5) is 20.6 Å². The van der Waals surface area contributed by atoms with E-state index in [1.54, 1.807) is 61.3 Å². The zero-order chi connectivity index (χ0) is 33.9. The summed E-state index contributed by atoms with van der Waals surface area (Å²) in [5, 5.41) is 15.8. The van der Waals surface area contributed by atoms with Crippen LogP contribution in [0.25, 0.3) is 0 Å². The first kappa shape index (κ1) is 35.4. The van der Waals surface area contributed by atoms with E-state index in [0.717, 1.165) is 19.3 Å². The number of amides is 4. The Labute approximate surface area is 275 Å². The number of aliphatic hydroxyl groups excluding tert-OH is 1. The highest BCUT2D eigenvalue weighted by Crippen LogP contribution is 2.29. The van der Waals surface area contributed by atoms with Crippen molar-refractivity contribution < 1.29 is 33.4 Å². The normalized spacial score (nSPS) is 19.8. The highest BCUT2D eigenvalue weighted by molar-refractivity contribution is 6.05. The largest absolute Gasteiger partial charge is 0.490 e. The van der Waals surface area contributed by atoms with Gasteiger partial charge in [0.25, 0.3) is 11.8 Å². The average molecular weight is 649 g/mol. The summed E-state index contributed by atoms with van der Waals surface area (Å²) < 4.78 is 25.9. The fourth-order valence-corrected chi connectivity index (χ4v) is 5.36. The highest BCUT2D eigenvalue weighted by atomic mass is 19.1. The molecule has 10 nitrogen and oxygen atoms in total. The molecule has 0 spiro atoms. The Hall–Kier alpha value is -4.48. The number of carbonyl (C=O) groups is 3. The SMILES string of the molecule is C[C@H](CO)N1C[C@H](C)[C@H](CN(C)C(=O)Nc2ccc(F)cc2)OCCCC[C@H](C)Oc2ccc(NC(=O)c3ccccc3)cc2C1=O. The highest BCUT2D eigenvalue weighted by Gasteiger charge is 2.31. The molecule has 0 aromatic heterocycles. The van der Waals surface area contributed by atoms with Gasteiger partial charge >= 0.3 is 6.03 Å². The lowest BCUT2D eigenvalue weighted by atomic mass is 10.0. The van der Waals surface area contributed by atoms with Crippen molar-refractivity contribution in [3.8, 4) is 5.75 Å². The number of hydrogen-bond acceptors (Lipinski definition) is 6. The Kier molecular flexibility index (Phi) is 12.7. The molecule has 1 aliphatic heterocycles. The summed E-state index contributed by atoms with van der Waals surface area (Å²) in [7, 11) is 1.65. The van der Waals surface area contributed by atoms with Crippen molar-refractivity contribution in [2.24, 2.45) is 5.92 Å². The van der Waals surface area contributed by atoms with E-state index in [9.17, 15) is 23.9 Å². The van der Waals surface area contributed by atoms with Gasteiger partial charge in [-0.3, -0.25) is 9.59 Å². The first-order valence-electron chi connectivity index (χ1n) is 16.0. The smallest absolute Gasteiger partial charge is 0.321 e. The van der Waals surface area contributed by atoms with Gasteiger partial charge in [0.1, 0.15) is 11.6 Å². The molecule has 0 saturated carbocycles. The number of nitrogens with zero attached hydrogens (tertiary/aromatic N) is 2. The Balaban J connectivity index is 1.59. The van der Waals surface area contributed by atoms with Crippen LogP contribution < -0.4 is 15.4 Å². The van der Waals surface area contributed by atoms with Gasteiger partial charge in [-0.05, 0) is 87.7 Å². The van der Waals surface area contributed by atoms with Gasteiger partial charge in [-0.25, -0.2) is 9.18 Å². The molecule has 4 atom stereocenters. The zero-order valence-electron chi connectivity index (χ0n) is 27.4. The van der Waals surface area contributed by atoms with E-state index in [1.807, 2.05) is 19.9 Å². The van der Waals surface area contributed by atoms with Crippen LogP contribution >= 0.6 is 0 Å². The third-order valence-corrected chi connectivity index (χ3v) is 8.24. The Morgan fingerprint density at radius 2 is 1.72 bits per heavy atom. The van der Waals surface area contributed by atoms with Crippen molar-refractivity contribution in [3.05, 3.63) is 89.7 Å². The standard InChI is InChI=1S/C36H45FN4O6/c1-24-21-41(25(2)23-42)35(44)31-20-30(38-34(43)27-11-6-5-7-12-27)17-18-32(31)47-26(3)10-8-9-19-46-33(24)22-40(4)36(45)39-29-15-13-28(37)14-16-29/h5-7,11-18,20,24-26,33,42H,8-10,19,21-23H2,1-4H3,(H,38,43)(H,39,45)/t24-,25+,26-,33-/m0/s1. The van der Waals surface area contributed by atoms with Crippen LogP contribution in [0.15, 0.2) is 72.8 Å². The van der Waals surface area contributed by atoms with Gasteiger partial charge in [-0.15, -0.1) is 0 Å². The maximum Gasteiger partial charge on any atom is 0.321 e. The van der Waals surface area contributed by atoms with Crippen LogP contribution in [0.1, 0.15) is 60.7 Å². The van der Waals surface area contributed by atoms with Crippen LogP contribution in [-0.2, 0) is 4.74 Å². The predicted molar refractivity (Wildman–Crippen MR) is 179 cm³/mol. The molecule has 4 amide bonds. The second-order valence-corrected chi connectivity index (χ2v) is 12.1. The van der Waals surface area contributed by atoms with Crippen LogP contribution in [-0.4, -0.2) is 84.4 Å². The molecule has 4 rings (SSSR count). The van der Waals surface area contributed by atoms with Crippen molar-refractivity contribution in [1.82, 2.24) is 9.80 Å². The van der Waals surface area contributed by atoms with Crippen molar-refractivity contribution in [2.45, 2.75) is 58.3 Å². The fraction of sp³-hybridized carbons (Fsp3) is 0.417. The molecule has 47 heavy (non-hydrogen) atoms. The minimum absolute atomic E-state index is 0.200. The van der Waals surface area contributed by atoms with Gasteiger partial charge in [0, 0.05) is 49.6 Å². The summed E-state index contributed by atoms with van der Waals surface area (Å²) in [6, 6.07) is 18.4. The first-order valence-corrected chi connectivity index (χ1v) is 16.0. The Morgan fingerprint density at radius 3 is 2.43 bits per heavy atom. The lowest BCUT2D eigenvalue weighted by molar-refractivity contribution is -0.0115. The summed E-state index contributed by atoms with van der Waals surface area (Å²) in [6.45, 7) is 6.28. The van der Waals surface area contributed by atoms with Crippen molar-refractivity contribution in [2.75, 3.05) is 44.0 Å². The molecule has 3 N–H and O–H groups in total. The second kappa shape index (κ2) is 16.9. The number of anilines is 2. The number of rotatable bonds is 7. The third kappa shape index (κ3) is 10.0. The van der Waals surface area contributed by atoms with Crippen LogP contribution in [0.2, 0.25) is 0 Å². The van der Waals surface area contributed by atoms with Gasteiger partial charge in [0.2, 0.25) is 0 Å². The number of nitrogens with one attached hydrogen (secondary N) is 2. The molecule has 0 saturated heterocycles. The second-order valence-electron chi connectivity index (χ2n) is 12.1. The van der Waals surface area contributed by atoms with Crippen LogP contribution in [0, 0.1) is 11.7 Å². The lowest BCUT2D eigenvalue weighted by Gasteiger charge is -2.35. The quantitative estimate of drug-likeness (QED) is 0.288. The fourth-order valence-electron chi connectivity index (χ4n) is 5.36. The summed E-state index contributed by atoms with van der Waals surface area (Å²) in [5.74, 6) is -0.929. The molecule has 1 heterocycles. The Morgan fingerprint density at radius 1 is 1.02 bits per heavy atom. The first-order chi connectivity index (χ1) is 22.5. The number of fused-ring (bicyclic) bond motifs is 1. The topological polar surface area (TPSA) is 120 Å². The number of aliphatic hydroxyl groups is 1. The maximum absolute atomic E-state index is 14.3. The van der Waals surface area contributed by atoms with Crippen molar-refractivity contribution in [3.63, 3.8) is 0 Å². The molecule has 0 fully saturated rings. The molecule has 11 heteroatoms. The lowest BCUT2D eigenvalue weighted by Crippen LogP contribution is -2.48. The molecule has 1 aliphatic rings. The summed E-state index contributed by atoms with van der Waals surface area (Å²) >= 11 is 0. The number of halogens is 1. The summed E-state index contributed by atoms with van der Waals surface area (Å²) in [6.07, 6.45) is 1.68. The van der Waals surface area contributed by atoms with E-state index in [2.05, 4.69) is 10.6 Å². The minimum atomic E-state index is -0.550. The maximum atomic E-state index is 14.3. The number of carbonyl (C=O) groups excluding carboxylic acids is 3. The Bertz CT molecular complexity index is 1490. The number of urea groups is 1. The number of benzene rings is 3. The van der Waals surface area contributed by atoms with Crippen molar-refractivity contribution in [1.29, 1.82) is 0 Å². The predicted octanol–water partition coefficient (Wildman–Crippen LogP) is 6.04. The van der Waals surface area contributed by atoms with Crippen LogP contribution in [0.5, 0.6) is 5.75 Å². The summed E-state index contributed by atoms with van der Waals surface area (Å²) in [5.41, 5.74) is 1.64. The number of likely N-dealkylation sites (N-methyl/N-ethyl adjacent to an activating group) is 1. The minimum Gasteiger partial charge on any atom is -0.490 e. The molecule has 0 aliphatic carbocycles. The van der Waals surface area contributed by atoms with E-state index in [-0.39, 0.29) is 55.1 Å². The number of ether oxygens (including phenoxy) is 2. The third-order valence-electron chi connectivity index (χ3n) is 8.24. The van der Waals surface area contributed by atoms with Gasteiger partial charge in [-0.2, -0.15) is 0 Å². The molecule has 3 aromatic carbocycles. The monoisotopic (exact) mass is 648 g/mol. The molecular weight excluding hydrogens is 603 g/mol. The molecule has 0 unspecified atom stereocenters. The molecule has 0 radical (unpaired) electrons. The van der Waals surface area contributed by atoms with E-state index < -0.39 is 18.0 Å². The van der Waals surface area contributed by atoms with E-state index in [0.29, 0.717) is 29.3 Å². The number of hydrogen-bond donors (Lipinski definition) is 3. The van der Waals surface area contributed by atoms with Gasteiger partial charge in [0.05, 0.1) is 30.4 Å². The van der Waals surface area contributed by atoms with E-state index in [1.165, 1.54) is 29.2 Å². The van der Waals surface area contributed by atoms with Gasteiger partial charge < -0.3 is 35.0 Å². The van der Waals surface area contributed by atoms with Crippen molar-refractivity contribution >= 4 is 29.2 Å². The van der Waals surface area contributed by atoms with E-state index in [4.69, 9.17) is 9.47 Å².